The van der Waals surface area contributed by atoms with Crippen LogP contribution in [0.3, 0.4) is 0 Å². The number of piperidine rings is 1. The van der Waals surface area contributed by atoms with Gasteiger partial charge in [-0.25, -0.2) is 0 Å². The van der Waals surface area contributed by atoms with Gasteiger partial charge in [0.2, 0.25) is 0 Å². The Bertz CT molecular complexity index is 464. The average Bonchev–Trinajstić information content (AvgIpc) is 2.41. The second-order valence-corrected chi connectivity index (χ2v) is 5.40. The van der Waals surface area contributed by atoms with Gasteiger partial charge >= 0.3 is 0 Å². The van der Waals surface area contributed by atoms with Gasteiger partial charge in [0.05, 0.1) is 23.0 Å². The predicted octanol–water partition coefficient (Wildman–Crippen LogP) is 2.28. The maximum atomic E-state index is 8.89. The second-order valence-electron chi connectivity index (χ2n) is 5.40. The Morgan fingerprint density at radius 2 is 2.37 bits per heavy atom. The molecule has 2 rings (SSSR count). The molecule has 0 bridgehead atoms. The highest BCUT2D eigenvalue weighted by molar-refractivity contribution is 5.68. The van der Waals surface area contributed by atoms with E-state index in [4.69, 9.17) is 11.0 Å². The topological polar surface area (TPSA) is 65.1 Å². The first-order valence-electron chi connectivity index (χ1n) is 6.91. The minimum absolute atomic E-state index is 0.647. The van der Waals surface area contributed by atoms with Crippen LogP contribution in [0.25, 0.3) is 0 Å². The number of anilines is 2. The van der Waals surface area contributed by atoms with Crippen molar-refractivity contribution < 1.29 is 0 Å². The number of likely N-dealkylation sites (tertiary alicyclic amines) is 1. The van der Waals surface area contributed by atoms with Crippen LogP contribution in [0, 0.1) is 17.2 Å². The largest absolute Gasteiger partial charge is 0.397 e. The molecule has 1 aliphatic heterocycles. The van der Waals surface area contributed by atoms with E-state index in [0.29, 0.717) is 11.3 Å². The minimum atomic E-state index is 0.647. The summed E-state index contributed by atoms with van der Waals surface area (Å²) in [7, 11) is 2.19. The van der Waals surface area contributed by atoms with Gasteiger partial charge in [0.15, 0.2) is 0 Å². The number of nitrogens with one attached hydrogen (secondary N) is 1. The van der Waals surface area contributed by atoms with Crippen LogP contribution in [-0.2, 0) is 0 Å². The summed E-state index contributed by atoms with van der Waals surface area (Å²) in [6.07, 6.45) is 3.77. The lowest BCUT2D eigenvalue weighted by molar-refractivity contribution is 0.205. The maximum Gasteiger partial charge on any atom is 0.0992 e. The lowest BCUT2D eigenvalue weighted by Gasteiger charge is -2.29. The van der Waals surface area contributed by atoms with Crippen LogP contribution in [0.15, 0.2) is 18.2 Å². The molecule has 1 heterocycles. The number of nitrogen functional groups attached to an aromatic ring is 1. The van der Waals surface area contributed by atoms with Gasteiger partial charge in [-0.2, -0.15) is 5.26 Å². The van der Waals surface area contributed by atoms with E-state index < -0.39 is 0 Å². The molecule has 19 heavy (non-hydrogen) atoms. The smallest absolute Gasteiger partial charge is 0.0992 e. The van der Waals surface area contributed by atoms with Crippen molar-refractivity contribution >= 4 is 11.4 Å². The summed E-state index contributed by atoms with van der Waals surface area (Å²) in [5.41, 5.74) is 8.14. The fourth-order valence-electron chi connectivity index (χ4n) is 2.70. The molecule has 1 saturated heterocycles. The lowest BCUT2D eigenvalue weighted by atomic mass is 9.95. The van der Waals surface area contributed by atoms with Gasteiger partial charge in [0.25, 0.3) is 0 Å². The number of nitrogens with two attached hydrogens (primary N) is 1. The number of hydrogen-bond acceptors (Lipinski definition) is 4. The molecule has 1 unspecified atom stereocenters. The van der Waals surface area contributed by atoms with E-state index in [0.717, 1.165) is 24.6 Å². The van der Waals surface area contributed by atoms with Gasteiger partial charge in [-0.05, 0) is 57.0 Å². The quantitative estimate of drug-likeness (QED) is 0.813. The van der Waals surface area contributed by atoms with E-state index >= 15 is 0 Å². The highest BCUT2D eigenvalue weighted by Crippen LogP contribution is 2.22. The molecule has 0 spiro atoms. The van der Waals surface area contributed by atoms with Crippen molar-refractivity contribution in [1.29, 1.82) is 5.26 Å². The molecule has 1 atom stereocenters. The Hall–Kier alpha value is -1.73. The number of hydrogen-bond donors (Lipinski definition) is 2. The van der Waals surface area contributed by atoms with Crippen LogP contribution in [0.5, 0.6) is 0 Å². The zero-order valence-corrected chi connectivity index (χ0v) is 11.5. The molecule has 0 aliphatic carbocycles. The van der Waals surface area contributed by atoms with Crippen LogP contribution in [0.4, 0.5) is 11.4 Å². The van der Waals surface area contributed by atoms with Crippen molar-refractivity contribution in [2.45, 2.75) is 19.3 Å². The first-order valence-corrected chi connectivity index (χ1v) is 6.91. The molecule has 0 aromatic heterocycles. The molecule has 0 radical (unpaired) electrons. The first kappa shape index (κ1) is 13.7. The number of rotatable bonds is 4. The molecular formula is C15H22N4. The van der Waals surface area contributed by atoms with Crippen LogP contribution < -0.4 is 11.1 Å². The summed E-state index contributed by atoms with van der Waals surface area (Å²) in [6, 6.07) is 7.49. The van der Waals surface area contributed by atoms with Crippen molar-refractivity contribution in [2.75, 3.05) is 37.7 Å². The first-order chi connectivity index (χ1) is 9.19. The van der Waals surface area contributed by atoms with Gasteiger partial charge < -0.3 is 16.0 Å². The highest BCUT2D eigenvalue weighted by atomic mass is 15.1. The summed E-state index contributed by atoms with van der Waals surface area (Å²) in [5, 5.41) is 12.2. The van der Waals surface area contributed by atoms with Crippen LogP contribution >= 0.6 is 0 Å². The van der Waals surface area contributed by atoms with Gasteiger partial charge in [0, 0.05) is 13.1 Å². The molecule has 1 aliphatic rings. The summed E-state index contributed by atoms with van der Waals surface area (Å²) < 4.78 is 0. The summed E-state index contributed by atoms with van der Waals surface area (Å²) in [5.74, 6) is 0.770. The van der Waals surface area contributed by atoms with Gasteiger partial charge in [-0.1, -0.05) is 0 Å². The second kappa shape index (κ2) is 6.44. The van der Waals surface area contributed by atoms with Crippen molar-refractivity contribution in [3.05, 3.63) is 23.8 Å². The molecule has 102 valence electrons. The van der Waals surface area contributed by atoms with E-state index in [1.54, 1.807) is 12.1 Å². The van der Waals surface area contributed by atoms with E-state index in [1.165, 1.54) is 25.9 Å². The standard InChI is InChI=1S/C15H22N4/c1-19-8-2-3-12(11-19)6-7-18-15-9-13(10-16)4-5-14(15)17/h4-5,9,12,18H,2-3,6-8,11,17H2,1H3. The number of benzene rings is 1. The minimum Gasteiger partial charge on any atom is -0.397 e. The summed E-state index contributed by atoms with van der Waals surface area (Å²) >= 11 is 0. The molecule has 1 fully saturated rings. The van der Waals surface area contributed by atoms with Crippen LogP contribution in [-0.4, -0.2) is 31.6 Å². The van der Waals surface area contributed by atoms with Crippen molar-refractivity contribution in [2.24, 2.45) is 5.92 Å². The lowest BCUT2D eigenvalue weighted by Crippen LogP contribution is -2.32. The Kier molecular flexibility index (Phi) is 4.64. The average molecular weight is 258 g/mol. The Labute approximate surface area is 115 Å². The van der Waals surface area contributed by atoms with Crippen molar-refractivity contribution in [3.63, 3.8) is 0 Å². The predicted molar refractivity (Wildman–Crippen MR) is 78.9 cm³/mol. The molecule has 0 saturated carbocycles. The highest BCUT2D eigenvalue weighted by Gasteiger charge is 2.16. The van der Waals surface area contributed by atoms with E-state index in [1.807, 2.05) is 6.07 Å². The maximum absolute atomic E-state index is 8.89. The fourth-order valence-corrected chi connectivity index (χ4v) is 2.70. The van der Waals surface area contributed by atoms with Crippen molar-refractivity contribution in [1.82, 2.24) is 4.90 Å². The molecular weight excluding hydrogens is 236 g/mol. The molecule has 1 aromatic carbocycles. The summed E-state index contributed by atoms with van der Waals surface area (Å²) in [4.78, 5) is 2.40. The van der Waals surface area contributed by atoms with E-state index in [-0.39, 0.29) is 0 Å². The van der Waals surface area contributed by atoms with Gasteiger partial charge in [-0.3, -0.25) is 0 Å². The fraction of sp³-hybridized carbons (Fsp3) is 0.533. The molecule has 4 heteroatoms. The molecule has 3 N–H and O–H groups in total. The van der Waals surface area contributed by atoms with Crippen molar-refractivity contribution in [3.8, 4) is 6.07 Å². The van der Waals surface area contributed by atoms with E-state index in [9.17, 15) is 0 Å². The molecule has 1 aromatic rings. The SMILES string of the molecule is CN1CCCC(CCNc2cc(C#N)ccc2N)C1. The number of nitrogens with zero attached hydrogens (tertiary/aromatic N) is 2. The van der Waals surface area contributed by atoms with Crippen LogP contribution in [0.1, 0.15) is 24.8 Å². The zero-order chi connectivity index (χ0) is 13.7. The van der Waals surface area contributed by atoms with Gasteiger partial charge in [0.1, 0.15) is 0 Å². The van der Waals surface area contributed by atoms with E-state index in [2.05, 4.69) is 23.3 Å². The third-order valence-electron chi connectivity index (χ3n) is 3.77. The monoisotopic (exact) mass is 258 g/mol. The molecule has 4 nitrogen and oxygen atoms in total. The Balaban J connectivity index is 1.84. The molecule has 0 amide bonds. The Morgan fingerprint density at radius 1 is 1.53 bits per heavy atom. The third-order valence-corrected chi connectivity index (χ3v) is 3.77. The van der Waals surface area contributed by atoms with Gasteiger partial charge in [-0.15, -0.1) is 0 Å². The van der Waals surface area contributed by atoms with Crippen LogP contribution in [0.2, 0.25) is 0 Å². The Morgan fingerprint density at radius 3 is 3.11 bits per heavy atom. The normalized spacial score (nSPS) is 19.9. The zero-order valence-electron chi connectivity index (χ0n) is 11.5. The third kappa shape index (κ3) is 3.87. The number of nitriles is 1. The summed E-state index contributed by atoms with van der Waals surface area (Å²) in [6.45, 7) is 3.33.